The lowest BCUT2D eigenvalue weighted by molar-refractivity contribution is -0.121. The van der Waals surface area contributed by atoms with Crippen molar-refractivity contribution < 1.29 is 4.79 Å². The maximum atomic E-state index is 12.0. The monoisotopic (exact) mass is 308 g/mol. The lowest BCUT2D eigenvalue weighted by atomic mass is 10.0. The second kappa shape index (κ2) is 7.28. The van der Waals surface area contributed by atoms with Gasteiger partial charge < -0.3 is 5.32 Å². The minimum atomic E-state index is 0.0382. The molecular formula is C17H25ClN2O. The fourth-order valence-electron chi connectivity index (χ4n) is 2.79. The Bertz CT molecular complexity index is 481. The zero-order valence-corrected chi connectivity index (χ0v) is 13.7. The average Bonchev–Trinajstić information content (AvgIpc) is 2.99. The minimum Gasteiger partial charge on any atom is -0.354 e. The maximum absolute atomic E-state index is 12.0. The van der Waals surface area contributed by atoms with Gasteiger partial charge in [0.15, 0.2) is 0 Å². The van der Waals surface area contributed by atoms with Crippen LogP contribution in [0.5, 0.6) is 0 Å². The van der Waals surface area contributed by atoms with Crippen molar-refractivity contribution in [2.75, 3.05) is 19.6 Å². The van der Waals surface area contributed by atoms with E-state index in [-0.39, 0.29) is 11.4 Å². The Morgan fingerprint density at radius 2 is 1.95 bits per heavy atom. The summed E-state index contributed by atoms with van der Waals surface area (Å²) in [5.74, 6) is 0.0993. The number of carbonyl (C=O) groups excluding carboxylic acids is 1. The first-order valence-corrected chi connectivity index (χ1v) is 8.12. The molecule has 116 valence electrons. The molecule has 1 N–H and O–H groups in total. The molecule has 0 atom stereocenters. The van der Waals surface area contributed by atoms with E-state index in [1.807, 2.05) is 24.3 Å². The van der Waals surface area contributed by atoms with Gasteiger partial charge in [-0.05, 0) is 57.8 Å². The molecule has 1 aromatic carbocycles. The van der Waals surface area contributed by atoms with Gasteiger partial charge >= 0.3 is 0 Å². The Morgan fingerprint density at radius 3 is 2.62 bits per heavy atom. The molecule has 2 rings (SSSR count). The third-order valence-electron chi connectivity index (χ3n) is 4.26. The van der Waals surface area contributed by atoms with Crippen LogP contribution in [0.3, 0.4) is 0 Å². The summed E-state index contributed by atoms with van der Waals surface area (Å²) in [6.07, 6.45) is 3.71. The summed E-state index contributed by atoms with van der Waals surface area (Å²) in [6.45, 7) is 7.39. The van der Waals surface area contributed by atoms with Crippen LogP contribution in [0.2, 0.25) is 5.02 Å². The molecule has 1 saturated heterocycles. The van der Waals surface area contributed by atoms with Gasteiger partial charge in [0, 0.05) is 23.5 Å². The van der Waals surface area contributed by atoms with Gasteiger partial charge in [0.2, 0.25) is 5.91 Å². The van der Waals surface area contributed by atoms with Crippen LogP contribution < -0.4 is 5.32 Å². The molecule has 0 aliphatic carbocycles. The van der Waals surface area contributed by atoms with E-state index in [0.717, 1.165) is 23.7 Å². The highest BCUT2D eigenvalue weighted by molar-refractivity contribution is 6.31. The van der Waals surface area contributed by atoms with E-state index in [0.29, 0.717) is 19.4 Å². The van der Waals surface area contributed by atoms with Crippen LogP contribution >= 0.6 is 11.6 Å². The van der Waals surface area contributed by atoms with Crippen LogP contribution in [-0.2, 0) is 11.2 Å². The normalized spacial score (nSPS) is 16.1. The van der Waals surface area contributed by atoms with Crippen LogP contribution in [0.15, 0.2) is 24.3 Å². The number of halogens is 1. The van der Waals surface area contributed by atoms with Gasteiger partial charge in [-0.3, -0.25) is 9.69 Å². The zero-order chi connectivity index (χ0) is 15.3. The Morgan fingerprint density at radius 1 is 1.29 bits per heavy atom. The largest absolute Gasteiger partial charge is 0.354 e. The smallest absolute Gasteiger partial charge is 0.220 e. The second-order valence-electron chi connectivity index (χ2n) is 6.37. The number of nitrogens with one attached hydrogen (secondary N) is 1. The van der Waals surface area contributed by atoms with Gasteiger partial charge in [-0.1, -0.05) is 29.8 Å². The van der Waals surface area contributed by atoms with E-state index in [4.69, 9.17) is 11.6 Å². The van der Waals surface area contributed by atoms with Gasteiger partial charge in [0.05, 0.1) is 0 Å². The first-order valence-electron chi connectivity index (χ1n) is 7.74. The van der Waals surface area contributed by atoms with Crippen molar-refractivity contribution in [3.05, 3.63) is 34.9 Å². The van der Waals surface area contributed by atoms with E-state index >= 15 is 0 Å². The lowest BCUT2D eigenvalue weighted by Crippen LogP contribution is -2.50. The topological polar surface area (TPSA) is 32.3 Å². The third kappa shape index (κ3) is 4.72. The number of rotatable bonds is 6. The van der Waals surface area contributed by atoms with E-state index in [2.05, 4.69) is 24.1 Å². The highest BCUT2D eigenvalue weighted by Gasteiger charge is 2.29. The summed E-state index contributed by atoms with van der Waals surface area (Å²) in [6, 6.07) is 7.70. The number of benzene rings is 1. The Kier molecular flexibility index (Phi) is 5.65. The maximum Gasteiger partial charge on any atom is 0.220 e. The number of hydrogen-bond donors (Lipinski definition) is 1. The molecule has 0 spiro atoms. The molecule has 1 aromatic rings. The number of carbonyl (C=O) groups is 1. The van der Waals surface area contributed by atoms with Crippen molar-refractivity contribution in [1.29, 1.82) is 0 Å². The van der Waals surface area contributed by atoms with E-state index in [1.54, 1.807) is 0 Å². The minimum absolute atomic E-state index is 0.0382. The summed E-state index contributed by atoms with van der Waals surface area (Å²) in [4.78, 5) is 14.5. The number of amides is 1. The van der Waals surface area contributed by atoms with Crippen LogP contribution in [0.25, 0.3) is 0 Å². The molecule has 1 aliphatic heterocycles. The van der Waals surface area contributed by atoms with Crippen molar-refractivity contribution in [2.24, 2.45) is 0 Å². The quantitative estimate of drug-likeness (QED) is 0.875. The van der Waals surface area contributed by atoms with Crippen molar-refractivity contribution in [2.45, 2.75) is 45.1 Å². The molecule has 1 fully saturated rings. The Hall–Kier alpha value is -1.06. The first-order chi connectivity index (χ1) is 9.99. The Labute approximate surface area is 132 Å². The van der Waals surface area contributed by atoms with Crippen LogP contribution in [0.4, 0.5) is 0 Å². The molecule has 3 nitrogen and oxygen atoms in total. The molecule has 1 heterocycles. The summed E-state index contributed by atoms with van der Waals surface area (Å²) in [5, 5.41) is 3.80. The van der Waals surface area contributed by atoms with Gasteiger partial charge in [-0.15, -0.1) is 0 Å². The van der Waals surface area contributed by atoms with Gasteiger partial charge in [0.1, 0.15) is 0 Å². The molecule has 0 radical (unpaired) electrons. The molecule has 21 heavy (non-hydrogen) atoms. The molecule has 4 heteroatoms. The molecular weight excluding hydrogens is 284 g/mol. The molecule has 0 aromatic heterocycles. The number of hydrogen-bond acceptors (Lipinski definition) is 2. The molecule has 0 bridgehead atoms. The molecule has 1 aliphatic rings. The van der Waals surface area contributed by atoms with Crippen molar-refractivity contribution >= 4 is 17.5 Å². The molecule has 0 unspecified atom stereocenters. The van der Waals surface area contributed by atoms with Crippen molar-refractivity contribution in [1.82, 2.24) is 10.2 Å². The highest BCUT2D eigenvalue weighted by atomic mass is 35.5. The third-order valence-corrected chi connectivity index (χ3v) is 4.63. The predicted molar refractivity (Wildman–Crippen MR) is 87.7 cm³/mol. The number of aryl methyl sites for hydroxylation is 1. The van der Waals surface area contributed by atoms with Crippen molar-refractivity contribution in [3.8, 4) is 0 Å². The Balaban J connectivity index is 1.76. The number of nitrogens with zero attached hydrogens (tertiary/aromatic N) is 1. The van der Waals surface area contributed by atoms with Crippen LogP contribution in [0, 0.1) is 0 Å². The SMILES string of the molecule is CC(C)(CNC(=O)CCc1ccccc1Cl)N1CCCC1. The second-order valence-corrected chi connectivity index (χ2v) is 6.78. The summed E-state index contributed by atoms with van der Waals surface area (Å²) >= 11 is 6.11. The number of likely N-dealkylation sites (tertiary alicyclic amines) is 1. The highest BCUT2D eigenvalue weighted by Crippen LogP contribution is 2.20. The lowest BCUT2D eigenvalue weighted by Gasteiger charge is -2.35. The molecule has 0 saturated carbocycles. The van der Waals surface area contributed by atoms with Gasteiger partial charge in [-0.2, -0.15) is 0 Å². The fraction of sp³-hybridized carbons (Fsp3) is 0.588. The van der Waals surface area contributed by atoms with E-state index in [1.165, 1.54) is 12.8 Å². The summed E-state index contributed by atoms with van der Waals surface area (Å²) in [5.41, 5.74) is 1.07. The van der Waals surface area contributed by atoms with Crippen LogP contribution in [0.1, 0.15) is 38.7 Å². The summed E-state index contributed by atoms with van der Waals surface area (Å²) < 4.78 is 0. The van der Waals surface area contributed by atoms with Crippen molar-refractivity contribution in [3.63, 3.8) is 0 Å². The first kappa shape index (κ1) is 16.3. The van der Waals surface area contributed by atoms with Crippen LogP contribution in [-0.4, -0.2) is 36.0 Å². The van der Waals surface area contributed by atoms with E-state index < -0.39 is 0 Å². The van der Waals surface area contributed by atoms with Gasteiger partial charge in [-0.25, -0.2) is 0 Å². The standard InChI is InChI=1S/C17H25ClN2O/c1-17(2,20-11-5-6-12-20)13-19-16(21)10-9-14-7-3-4-8-15(14)18/h3-4,7-8H,5-6,9-13H2,1-2H3,(H,19,21). The van der Waals surface area contributed by atoms with E-state index in [9.17, 15) is 4.79 Å². The fourth-order valence-corrected chi connectivity index (χ4v) is 3.02. The zero-order valence-electron chi connectivity index (χ0n) is 13.0. The predicted octanol–water partition coefficient (Wildman–Crippen LogP) is 3.26. The molecule has 1 amide bonds. The average molecular weight is 309 g/mol. The summed E-state index contributed by atoms with van der Waals surface area (Å²) in [7, 11) is 0. The van der Waals surface area contributed by atoms with Gasteiger partial charge in [0.25, 0.3) is 0 Å².